The van der Waals surface area contributed by atoms with Crippen molar-refractivity contribution in [3.63, 3.8) is 0 Å². The van der Waals surface area contributed by atoms with Crippen LogP contribution < -0.4 is 5.73 Å². The van der Waals surface area contributed by atoms with Crippen LogP contribution in [0.1, 0.15) is 15.9 Å². The molecule has 5 aromatic rings. The summed E-state index contributed by atoms with van der Waals surface area (Å²) < 4.78 is 22.4. The molecule has 0 fully saturated rings. The van der Waals surface area contributed by atoms with Crippen molar-refractivity contribution in [3.8, 4) is 11.3 Å². The van der Waals surface area contributed by atoms with Crippen molar-refractivity contribution in [2.24, 2.45) is 5.73 Å². The van der Waals surface area contributed by atoms with E-state index in [-0.39, 0.29) is 5.82 Å². The molecule has 0 aliphatic rings. The van der Waals surface area contributed by atoms with Crippen LogP contribution >= 0.6 is 15.9 Å². The summed E-state index contributed by atoms with van der Waals surface area (Å²) in [6.07, 6.45) is 1.63. The van der Waals surface area contributed by atoms with Gasteiger partial charge in [-0.3, -0.25) is 4.79 Å². The number of rotatable bonds is 4. The third-order valence-electron chi connectivity index (χ3n) is 5.30. The summed E-state index contributed by atoms with van der Waals surface area (Å²) in [7, 11) is 0. The lowest BCUT2D eigenvalue weighted by Gasteiger charge is -2.10. The molecule has 0 spiro atoms. The van der Waals surface area contributed by atoms with Crippen molar-refractivity contribution >= 4 is 43.6 Å². The van der Waals surface area contributed by atoms with Crippen LogP contribution in [0.4, 0.5) is 4.39 Å². The van der Waals surface area contributed by atoms with E-state index in [1.54, 1.807) is 18.4 Å². The molecule has 2 heterocycles. The molecule has 0 radical (unpaired) electrons. The SMILES string of the molecule is NC(=O)c1cccc2c1c1ccc(-c3ccco3)cc1n2Cc1cc(F)ccc1Br. The Morgan fingerprint density at radius 3 is 2.67 bits per heavy atom. The topological polar surface area (TPSA) is 61.2 Å². The largest absolute Gasteiger partial charge is 0.464 e. The molecule has 5 rings (SSSR count). The fourth-order valence-corrected chi connectivity index (χ4v) is 4.32. The van der Waals surface area contributed by atoms with Gasteiger partial charge in [0.15, 0.2) is 0 Å². The van der Waals surface area contributed by atoms with Gasteiger partial charge in [0, 0.05) is 32.9 Å². The van der Waals surface area contributed by atoms with Crippen LogP contribution in [0.5, 0.6) is 0 Å². The Kier molecular flexibility index (Phi) is 4.44. The number of amides is 1. The number of hydrogen-bond acceptors (Lipinski definition) is 2. The number of furan rings is 1. The molecule has 0 saturated carbocycles. The Morgan fingerprint density at radius 1 is 1.03 bits per heavy atom. The van der Waals surface area contributed by atoms with Crippen molar-refractivity contribution in [2.45, 2.75) is 6.54 Å². The molecule has 0 aliphatic heterocycles. The van der Waals surface area contributed by atoms with Crippen molar-refractivity contribution in [3.05, 3.63) is 94.4 Å². The second-order valence-electron chi connectivity index (χ2n) is 7.10. The van der Waals surface area contributed by atoms with Crippen LogP contribution in [-0.2, 0) is 6.54 Å². The van der Waals surface area contributed by atoms with Crippen molar-refractivity contribution in [1.82, 2.24) is 4.57 Å². The number of aromatic nitrogens is 1. The highest BCUT2D eigenvalue weighted by atomic mass is 79.9. The van der Waals surface area contributed by atoms with E-state index in [0.717, 1.165) is 43.2 Å². The predicted molar refractivity (Wildman–Crippen MR) is 119 cm³/mol. The smallest absolute Gasteiger partial charge is 0.249 e. The maximum Gasteiger partial charge on any atom is 0.249 e. The average Bonchev–Trinajstić information content (AvgIpc) is 3.37. The minimum atomic E-state index is -0.485. The van der Waals surface area contributed by atoms with Crippen LogP contribution in [-0.4, -0.2) is 10.5 Å². The number of carbonyl (C=O) groups excluding carboxylic acids is 1. The van der Waals surface area contributed by atoms with Crippen molar-refractivity contribution in [1.29, 1.82) is 0 Å². The van der Waals surface area contributed by atoms with E-state index in [0.29, 0.717) is 12.1 Å². The summed E-state index contributed by atoms with van der Waals surface area (Å²) in [5.41, 5.74) is 9.59. The first-order chi connectivity index (χ1) is 14.5. The minimum absolute atomic E-state index is 0.303. The minimum Gasteiger partial charge on any atom is -0.464 e. The molecule has 0 atom stereocenters. The third-order valence-corrected chi connectivity index (χ3v) is 6.07. The number of primary amides is 1. The second-order valence-corrected chi connectivity index (χ2v) is 7.95. The van der Waals surface area contributed by atoms with Gasteiger partial charge in [-0.15, -0.1) is 0 Å². The molecule has 0 saturated heterocycles. The summed E-state index contributed by atoms with van der Waals surface area (Å²) in [4.78, 5) is 12.1. The Bertz CT molecular complexity index is 1420. The highest BCUT2D eigenvalue weighted by Gasteiger charge is 2.18. The zero-order valence-corrected chi connectivity index (χ0v) is 17.3. The van der Waals surface area contributed by atoms with Crippen molar-refractivity contribution in [2.75, 3.05) is 0 Å². The van der Waals surface area contributed by atoms with Crippen molar-refractivity contribution < 1.29 is 13.6 Å². The molecule has 2 N–H and O–H groups in total. The highest BCUT2D eigenvalue weighted by molar-refractivity contribution is 9.10. The van der Waals surface area contributed by atoms with Gasteiger partial charge >= 0.3 is 0 Å². The van der Waals surface area contributed by atoms with Gasteiger partial charge in [-0.25, -0.2) is 4.39 Å². The lowest BCUT2D eigenvalue weighted by Crippen LogP contribution is -2.11. The molecule has 0 aliphatic carbocycles. The first kappa shape index (κ1) is 18.6. The predicted octanol–water partition coefficient (Wildman–Crippen LogP) is 6.10. The number of nitrogens with two attached hydrogens (primary N) is 1. The number of benzene rings is 3. The quantitative estimate of drug-likeness (QED) is 0.350. The van der Waals surface area contributed by atoms with Crippen LogP contribution in [0.2, 0.25) is 0 Å². The Balaban J connectivity index is 1.83. The summed E-state index contributed by atoms with van der Waals surface area (Å²) >= 11 is 3.52. The first-order valence-electron chi connectivity index (χ1n) is 9.35. The summed E-state index contributed by atoms with van der Waals surface area (Å²) in [5.74, 6) is -0.0412. The fraction of sp³-hybridized carbons (Fsp3) is 0.0417. The van der Waals surface area contributed by atoms with E-state index in [1.165, 1.54) is 12.1 Å². The van der Waals surface area contributed by atoms with E-state index >= 15 is 0 Å². The van der Waals surface area contributed by atoms with Gasteiger partial charge in [0.25, 0.3) is 0 Å². The normalized spacial score (nSPS) is 11.4. The number of halogens is 2. The number of fused-ring (bicyclic) bond motifs is 3. The Hall–Kier alpha value is -3.38. The molecule has 0 unspecified atom stereocenters. The van der Waals surface area contributed by atoms with E-state index in [4.69, 9.17) is 10.2 Å². The standard InChI is InChI=1S/C24H16BrFN2O2/c25-19-9-7-16(26)11-15(19)13-28-20-4-1-3-18(24(27)29)23(20)17-8-6-14(12-21(17)28)22-5-2-10-30-22/h1-12H,13H2,(H2,27,29). The van der Waals surface area contributed by atoms with Crippen LogP contribution in [0, 0.1) is 5.82 Å². The molecule has 1 amide bonds. The summed E-state index contributed by atoms with van der Waals surface area (Å²) in [6, 6.07) is 19.8. The molecular weight excluding hydrogens is 447 g/mol. The van der Waals surface area contributed by atoms with Gasteiger partial charge in [0.2, 0.25) is 5.91 Å². The van der Waals surface area contributed by atoms with E-state index in [9.17, 15) is 9.18 Å². The summed E-state index contributed by atoms with van der Waals surface area (Å²) in [6.45, 7) is 0.419. The van der Waals surface area contributed by atoms with E-state index < -0.39 is 5.91 Å². The lowest BCUT2D eigenvalue weighted by atomic mass is 10.0. The lowest BCUT2D eigenvalue weighted by molar-refractivity contribution is 0.100. The monoisotopic (exact) mass is 462 g/mol. The highest BCUT2D eigenvalue weighted by Crippen LogP contribution is 2.35. The number of hydrogen-bond donors (Lipinski definition) is 1. The zero-order chi connectivity index (χ0) is 20.8. The molecule has 4 nitrogen and oxygen atoms in total. The third kappa shape index (κ3) is 3.00. The summed E-state index contributed by atoms with van der Waals surface area (Å²) in [5, 5.41) is 1.70. The van der Waals surface area contributed by atoms with Crippen LogP contribution in [0.25, 0.3) is 33.1 Å². The van der Waals surface area contributed by atoms with Gasteiger partial charge in [-0.1, -0.05) is 34.1 Å². The molecule has 30 heavy (non-hydrogen) atoms. The number of carbonyl (C=O) groups is 1. The Labute approximate surface area is 179 Å². The molecular formula is C24H16BrFN2O2. The van der Waals surface area contributed by atoms with Gasteiger partial charge in [0.1, 0.15) is 11.6 Å². The number of nitrogens with zero attached hydrogens (tertiary/aromatic N) is 1. The van der Waals surface area contributed by atoms with Gasteiger partial charge < -0.3 is 14.7 Å². The van der Waals surface area contributed by atoms with Gasteiger partial charge in [-0.2, -0.15) is 0 Å². The maximum absolute atomic E-state index is 13.9. The molecule has 6 heteroatoms. The maximum atomic E-state index is 13.9. The molecule has 2 aromatic heterocycles. The fourth-order valence-electron chi connectivity index (χ4n) is 3.95. The molecule has 3 aromatic carbocycles. The second kappa shape index (κ2) is 7.15. The first-order valence-corrected chi connectivity index (χ1v) is 10.1. The van der Waals surface area contributed by atoms with Gasteiger partial charge in [0.05, 0.1) is 17.3 Å². The zero-order valence-electron chi connectivity index (χ0n) is 15.7. The molecule has 148 valence electrons. The van der Waals surface area contributed by atoms with E-state index in [1.807, 2.05) is 42.5 Å². The van der Waals surface area contributed by atoms with Crippen LogP contribution in [0.3, 0.4) is 0 Å². The Morgan fingerprint density at radius 2 is 1.90 bits per heavy atom. The van der Waals surface area contributed by atoms with Gasteiger partial charge in [-0.05, 0) is 54.1 Å². The average molecular weight is 463 g/mol. The van der Waals surface area contributed by atoms with Crippen LogP contribution in [0.15, 0.2) is 81.9 Å². The molecule has 0 bridgehead atoms. The van der Waals surface area contributed by atoms with E-state index in [2.05, 4.69) is 20.5 Å².